The highest BCUT2D eigenvalue weighted by atomic mass is 16.6. The lowest BCUT2D eigenvalue weighted by molar-refractivity contribution is -0.146. The van der Waals surface area contributed by atoms with Crippen LogP contribution in [0.25, 0.3) is 0 Å². The fraction of sp³-hybridized carbons (Fsp3) is 0.863. The number of hydrogen-bond acceptors (Lipinski definition) is 16. The van der Waals surface area contributed by atoms with Gasteiger partial charge in [0.05, 0.1) is 52.1 Å². The molecule has 0 amide bonds. The lowest BCUT2D eigenvalue weighted by atomic mass is 10.1. The predicted octanol–water partition coefficient (Wildman–Crippen LogP) is 26.5. The SMILES string of the molecule is CCCCCCCC/C=C\CCCCCCCCOC(=O)CCN(CCCC(=O)OCCN1CC(C)N(CCOC(=O)CCCN(CCC(=O)OCCCCCCCC/C=C\CCCCCCCC)CCC(=O)OCCCCCCCC/C=C\CCCCCCCC)CC1C)CCC(=O)OCCCCCCCC/C=C\CCCCCCCC. The molecule has 1 heterocycles. The molecule has 1 aliphatic rings. The van der Waals surface area contributed by atoms with Crippen molar-refractivity contribution >= 4 is 35.8 Å². The zero-order valence-electron chi connectivity index (χ0n) is 78.0. The Morgan fingerprint density at radius 2 is 0.407 bits per heavy atom. The Morgan fingerprint density at radius 1 is 0.229 bits per heavy atom. The van der Waals surface area contributed by atoms with Crippen molar-refractivity contribution in [2.75, 3.05) is 105 Å². The number of allylic oxidation sites excluding steroid dienone is 8. The normalized spacial score (nSPS) is 14.2. The summed E-state index contributed by atoms with van der Waals surface area (Å²) in [6.07, 6.45) is 90.0. The second kappa shape index (κ2) is 88.9. The van der Waals surface area contributed by atoms with E-state index in [1.807, 2.05) is 0 Å². The van der Waals surface area contributed by atoms with Crippen molar-refractivity contribution in [3.63, 3.8) is 0 Å². The van der Waals surface area contributed by atoms with Gasteiger partial charge in [0.15, 0.2) is 0 Å². The molecule has 1 rings (SSSR count). The van der Waals surface area contributed by atoms with Gasteiger partial charge in [0.1, 0.15) is 13.2 Å². The number of piperazine rings is 1. The van der Waals surface area contributed by atoms with E-state index in [0.717, 1.165) is 116 Å². The van der Waals surface area contributed by atoms with Gasteiger partial charge in [-0.05, 0) is 168 Å². The highest BCUT2D eigenvalue weighted by Crippen LogP contribution is 2.20. The van der Waals surface area contributed by atoms with Crippen LogP contribution in [0.2, 0.25) is 0 Å². The molecule has 0 aromatic heterocycles. The van der Waals surface area contributed by atoms with E-state index in [9.17, 15) is 28.8 Å². The highest BCUT2D eigenvalue weighted by molar-refractivity contribution is 5.71. The van der Waals surface area contributed by atoms with Gasteiger partial charge >= 0.3 is 35.8 Å². The third kappa shape index (κ3) is 78.8. The molecule has 688 valence electrons. The van der Waals surface area contributed by atoms with Crippen molar-refractivity contribution in [3.8, 4) is 0 Å². The lowest BCUT2D eigenvalue weighted by Gasteiger charge is -2.44. The molecule has 118 heavy (non-hydrogen) atoms. The van der Waals surface area contributed by atoms with E-state index in [0.29, 0.717) is 91.6 Å². The first-order valence-electron chi connectivity index (χ1n) is 50.4. The van der Waals surface area contributed by atoms with Gasteiger partial charge in [-0.25, -0.2) is 0 Å². The molecule has 0 bridgehead atoms. The summed E-state index contributed by atoms with van der Waals surface area (Å²) in [5.41, 5.74) is 0. The van der Waals surface area contributed by atoms with E-state index >= 15 is 0 Å². The maximum Gasteiger partial charge on any atom is 0.307 e. The molecule has 1 saturated heterocycles. The van der Waals surface area contributed by atoms with Gasteiger partial charge < -0.3 is 38.2 Å². The third-order valence-corrected chi connectivity index (χ3v) is 23.4. The topological polar surface area (TPSA) is 171 Å². The highest BCUT2D eigenvalue weighted by Gasteiger charge is 2.29. The summed E-state index contributed by atoms with van der Waals surface area (Å²) in [4.78, 5) is 87.1. The molecular weight excluding hydrogens is 1470 g/mol. The molecule has 0 aromatic carbocycles. The van der Waals surface area contributed by atoms with Gasteiger partial charge in [-0.2, -0.15) is 0 Å². The van der Waals surface area contributed by atoms with Crippen LogP contribution in [-0.4, -0.2) is 173 Å². The summed E-state index contributed by atoms with van der Waals surface area (Å²) >= 11 is 0. The minimum absolute atomic E-state index is 0.200. The average molecular weight is 1660 g/mol. The number of hydrogen-bond donors (Lipinski definition) is 0. The minimum atomic E-state index is -0.261. The largest absolute Gasteiger partial charge is 0.466 e. The number of rotatable bonds is 90. The van der Waals surface area contributed by atoms with Crippen LogP contribution in [0.1, 0.15) is 452 Å². The molecule has 2 atom stereocenters. The van der Waals surface area contributed by atoms with Crippen molar-refractivity contribution in [2.24, 2.45) is 0 Å². The first-order valence-corrected chi connectivity index (χ1v) is 50.4. The van der Waals surface area contributed by atoms with Gasteiger partial charge in [-0.15, -0.1) is 0 Å². The molecule has 0 aliphatic carbocycles. The van der Waals surface area contributed by atoms with Crippen molar-refractivity contribution < 1.29 is 57.2 Å². The van der Waals surface area contributed by atoms with Crippen LogP contribution in [0.15, 0.2) is 48.6 Å². The van der Waals surface area contributed by atoms with Crippen molar-refractivity contribution in [1.82, 2.24) is 19.6 Å². The van der Waals surface area contributed by atoms with Crippen molar-refractivity contribution in [2.45, 2.75) is 465 Å². The number of esters is 6. The van der Waals surface area contributed by atoms with E-state index in [4.69, 9.17) is 28.4 Å². The van der Waals surface area contributed by atoms with Crippen LogP contribution >= 0.6 is 0 Å². The van der Waals surface area contributed by atoms with E-state index in [1.54, 1.807) is 0 Å². The van der Waals surface area contributed by atoms with E-state index in [2.05, 4.69) is 110 Å². The first-order chi connectivity index (χ1) is 57.9. The van der Waals surface area contributed by atoms with Crippen LogP contribution in [-0.2, 0) is 57.2 Å². The van der Waals surface area contributed by atoms with Crippen LogP contribution in [0, 0.1) is 0 Å². The third-order valence-electron chi connectivity index (χ3n) is 23.4. The zero-order valence-corrected chi connectivity index (χ0v) is 78.0. The maximum atomic E-state index is 13.2. The zero-order chi connectivity index (χ0) is 85.4. The van der Waals surface area contributed by atoms with Gasteiger partial charge in [0.25, 0.3) is 0 Å². The number of carbonyl (C=O) groups is 6. The molecule has 1 fully saturated rings. The van der Waals surface area contributed by atoms with Gasteiger partial charge in [0, 0.05) is 77.3 Å². The van der Waals surface area contributed by atoms with Crippen LogP contribution in [0.4, 0.5) is 0 Å². The monoisotopic (exact) mass is 1660 g/mol. The summed E-state index contributed by atoms with van der Waals surface area (Å²) in [5, 5.41) is 0. The fourth-order valence-corrected chi connectivity index (χ4v) is 15.6. The predicted molar refractivity (Wildman–Crippen MR) is 495 cm³/mol. The maximum absolute atomic E-state index is 13.2. The number of carbonyl (C=O) groups excluding carboxylic acids is 6. The Labute approximate surface area is 727 Å². The Bertz CT molecular complexity index is 2100. The molecule has 0 aromatic rings. The standard InChI is InChI=1S/C102H188N4O12/c1-7-11-15-19-23-27-31-35-39-43-47-51-55-59-63-67-87-113-99(109)75-81-103(82-76-100(110)114-88-68-64-60-56-52-48-44-40-36-32-28-24-20-16-12-8-2)79-71-73-97(107)117-91-85-105-93-96(6)106(94-95(105)5)86-92-118-98(108)74-72-80-104(83-77-101(111)115-89-69-65-61-57-53-49-45-41-37-33-29-25-21-17-13-9-3)84-78-102(112)116-90-70-66-62-58-54-50-46-42-38-34-30-26-22-18-14-10-4/h35-42,95-96H,7-34,43-94H2,1-6H3/b39-35-,40-36-,41-37-,42-38-. The summed E-state index contributed by atoms with van der Waals surface area (Å²) in [7, 11) is 0. The molecule has 2 unspecified atom stereocenters. The second-order valence-electron chi connectivity index (χ2n) is 34.7. The molecule has 0 saturated carbocycles. The van der Waals surface area contributed by atoms with Crippen molar-refractivity contribution in [3.05, 3.63) is 48.6 Å². The Balaban J connectivity index is 2.60. The average Bonchev–Trinajstić information content (AvgIpc) is 0.844. The summed E-state index contributed by atoms with van der Waals surface area (Å²) in [6.45, 7) is 21.3. The van der Waals surface area contributed by atoms with E-state index in [1.165, 1.54) is 257 Å². The molecule has 1 aliphatic heterocycles. The molecule has 16 nitrogen and oxygen atoms in total. The minimum Gasteiger partial charge on any atom is -0.466 e. The van der Waals surface area contributed by atoms with Gasteiger partial charge in [0.2, 0.25) is 0 Å². The van der Waals surface area contributed by atoms with E-state index in [-0.39, 0.29) is 99.6 Å². The van der Waals surface area contributed by atoms with Crippen LogP contribution in [0.3, 0.4) is 0 Å². The van der Waals surface area contributed by atoms with Gasteiger partial charge in [-0.1, -0.05) is 307 Å². The summed E-state index contributed by atoms with van der Waals surface area (Å²) in [5.74, 6) is -1.46. The molecular formula is C102H188N4O12. The second-order valence-corrected chi connectivity index (χ2v) is 34.7. The van der Waals surface area contributed by atoms with E-state index < -0.39 is 0 Å². The fourth-order valence-electron chi connectivity index (χ4n) is 15.6. The Kier molecular flexibility index (Phi) is 84.1. The molecule has 0 spiro atoms. The van der Waals surface area contributed by atoms with Crippen LogP contribution < -0.4 is 0 Å². The molecule has 16 heteroatoms. The van der Waals surface area contributed by atoms with Crippen LogP contribution in [0.5, 0.6) is 0 Å². The Hall–Kier alpha value is -4.38. The first kappa shape index (κ1) is 112. The number of nitrogens with zero attached hydrogens (tertiary/aromatic N) is 4. The number of unbranched alkanes of at least 4 members (excludes halogenated alkanes) is 48. The van der Waals surface area contributed by atoms with Crippen molar-refractivity contribution in [1.29, 1.82) is 0 Å². The molecule has 0 N–H and O–H groups in total. The van der Waals surface area contributed by atoms with Gasteiger partial charge in [-0.3, -0.25) is 38.6 Å². The quantitative estimate of drug-likeness (QED) is 0.0244. The lowest BCUT2D eigenvalue weighted by Crippen LogP contribution is -2.57. The smallest absolute Gasteiger partial charge is 0.307 e. The Morgan fingerprint density at radius 3 is 0.619 bits per heavy atom. The number of ether oxygens (including phenoxy) is 6. The molecule has 0 radical (unpaired) electrons. The summed E-state index contributed by atoms with van der Waals surface area (Å²) in [6, 6.07) is 0.400. The summed E-state index contributed by atoms with van der Waals surface area (Å²) < 4.78 is 34.3.